The molecule has 1 atom stereocenters. The number of aromatic nitrogens is 2. The van der Waals surface area contributed by atoms with E-state index in [1.54, 1.807) is 18.3 Å². The number of benzene rings is 1. The van der Waals surface area contributed by atoms with Gasteiger partial charge in [0.25, 0.3) is 0 Å². The minimum Gasteiger partial charge on any atom is -0.410 e. The lowest BCUT2D eigenvalue weighted by molar-refractivity contribution is 0.200. The van der Waals surface area contributed by atoms with E-state index in [1.807, 2.05) is 36.0 Å². The van der Waals surface area contributed by atoms with Gasteiger partial charge in [0.1, 0.15) is 11.6 Å². The quantitative estimate of drug-likeness (QED) is 0.326. The van der Waals surface area contributed by atoms with E-state index >= 15 is 0 Å². The normalized spacial score (nSPS) is 11.6. The molecule has 0 radical (unpaired) electrons. The van der Waals surface area contributed by atoms with Gasteiger partial charge in [-0.15, -0.1) is 12.4 Å². The van der Waals surface area contributed by atoms with Gasteiger partial charge >= 0.3 is 6.09 Å². The lowest BCUT2D eigenvalue weighted by Gasteiger charge is -2.20. The molecule has 2 heterocycles. The lowest BCUT2D eigenvalue weighted by Crippen LogP contribution is -2.27. The molecule has 174 valence electrons. The predicted molar refractivity (Wildman–Crippen MR) is 129 cm³/mol. The van der Waals surface area contributed by atoms with Crippen molar-refractivity contribution in [3.63, 3.8) is 0 Å². The number of ether oxygens (including phenoxy) is 1. The van der Waals surface area contributed by atoms with E-state index in [2.05, 4.69) is 22.7 Å². The zero-order valence-electron chi connectivity index (χ0n) is 18.6. The third kappa shape index (κ3) is 6.85. The number of pyridine rings is 1. The molecule has 6 nitrogen and oxygen atoms in total. The van der Waals surface area contributed by atoms with Gasteiger partial charge in [0.2, 0.25) is 0 Å². The molecule has 0 aliphatic rings. The van der Waals surface area contributed by atoms with Crippen LogP contribution in [0.4, 0.5) is 9.18 Å². The van der Waals surface area contributed by atoms with Crippen LogP contribution in [0.5, 0.6) is 5.75 Å². The Balaban J connectivity index is 0.00000363. The topological polar surface area (TPSA) is 68.2 Å². The second kappa shape index (κ2) is 12.9. The SMILES string of the molecule is CCCCCCCNC(=O)Oc1ccc2c(ccn2NC(CC)c2ccncc2F)c1.Cl. The summed E-state index contributed by atoms with van der Waals surface area (Å²) in [6, 6.07) is 8.88. The number of fused-ring (bicyclic) bond motifs is 1. The molecule has 0 saturated carbocycles. The van der Waals surface area contributed by atoms with Crippen molar-refractivity contribution in [3.8, 4) is 5.75 Å². The van der Waals surface area contributed by atoms with Gasteiger partial charge in [-0.25, -0.2) is 9.18 Å². The Labute approximate surface area is 194 Å². The summed E-state index contributed by atoms with van der Waals surface area (Å²) in [5.74, 6) is 0.159. The molecule has 0 aliphatic carbocycles. The monoisotopic (exact) mass is 462 g/mol. The van der Waals surface area contributed by atoms with Crippen molar-refractivity contribution >= 4 is 29.4 Å². The largest absolute Gasteiger partial charge is 0.412 e. The predicted octanol–water partition coefficient (Wildman–Crippen LogP) is 6.35. The molecule has 0 fully saturated rings. The number of halogens is 2. The Morgan fingerprint density at radius 2 is 1.97 bits per heavy atom. The highest BCUT2D eigenvalue weighted by atomic mass is 35.5. The molecule has 1 amide bonds. The van der Waals surface area contributed by atoms with Crippen molar-refractivity contribution in [2.45, 2.75) is 58.4 Å². The van der Waals surface area contributed by atoms with Crippen LogP contribution >= 0.6 is 12.4 Å². The first kappa shape index (κ1) is 25.5. The van der Waals surface area contributed by atoms with Crippen LogP contribution in [0.3, 0.4) is 0 Å². The van der Waals surface area contributed by atoms with Crippen molar-refractivity contribution in [3.05, 3.63) is 60.3 Å². The van der Waals surface area contributed by atoms with E-state index in [4.69, 9.17) is 4.74 Å². The summed E-state index contributed by atoms with van der Waals surface area (Å²) < 4.78 is 21.4. The molecular weight excluding hydrogens is 431 g/mol. The third-order valence-corrected chi connectivity index (χ3v) is 5.30. The van der Waals surface area contributed by atoms with Crippen LogP contribution in [0, 0.1) is 5.82 Å². The highest BCUT2D eigenvalue weighted by Crippen LogP contribution is 2.25. The molecule has 1 aromatic carbocycles. The lowest BCUT2D eigenvalue weighted by atomic mass is 10.1. The molecule has 2 aromatic heterocycles. The Morgan fingerprint density at radius 3 is 2.72 bits per heavy atom. The van der Waals surface area contributed by atoms with Crippen molar-refractivity contribution in [1.29, 1.82) is 0 Å². The molecule has 8 heteroatoms. The fraction of sp³-hybridized carbons (Fsp3) is 0.417. The number of hydrogen-bond donors (Lipinski definition) is 2. The molecule has 0 spiro atoms. The maximum Gasteiger partial charge on any atom is 0.412 e. The van der Waals surface area contributed by atoms with Crippen molar-refractivity contribution in [1.82, 2.24) is 15.0 Å². The van der Waals surface area contributed by atoms with E-state index in [0.717, 1.165) is 23.7 Å². The highest BCUT2D eigenvalue weighted by Gasteiger charge is 2.15. The third-order valence-electron chi connectivity index (χ3n) is 5.30. The van der Waals surface area contributed by atoms with Crippen LogP contribution in [0.2, 0.25) is 0 Å². The molecule has 0 saturated heterocycles. The summed E-state index contributed by atoms with van der Waals surface area (Å²) in [6.07, 6.45) is 10.7. The van der Waals surface area contributed by atoms with Crippen LogP contribution in [0.15, 0.2) is 48.9 Å². The molecule has 3 aromatic rings. The van der Waals surface area contributed by atoms with E-state index in [1.165, 1.54) is 25.5 Å². The van der Waals surface area contributed by atoms with Gasteiger partial charge in [0, 0.05) is 29.9 Å². The van der Waals surface area contributed by atoms with Gasteiger partial charge in [-0.1, -0.05) is 39.5 Å². The number of carbonyl (C=O) groups excluding carboxylic acids is 1. The van der Waals surface area contributed by atoms with Gasteiger partial charge < -0.3 is 15.5 Å². The number of nitrogens with one attached hydrogen (secondary N) is 2. The number of nitrogens with zero attached hydrogens (tertiary/aromatic N) is 2. The zero-order chi connectivity index (χ0) is 22.1. The van der Waals surface area contributed by atoms with Crippen LogP contribution in [-0.4, -0.2) is 22.3 Å². The average molecular weight is 463 g/mol. The number of hydrogen-bond acceptors (Lipinski definition) is 4. The second-order valence-electron chi connectivity index (χ2n) is 7.62. The maximum absolute atomic E-state index is 14.1. The van der Waals surface area contributed by atoms with Crippen molar-refractivity contribution in [2.24, 2.45) is 0 Å². The Kier molecular flexibility index (Phi) is 10.3. The zero-order valence-corrected chi connectivity index (χ0v) is 19.5. The summed E-state index contributed by atoms with van der Waals surface area (Å²) in [5.41, 5.74) is 4.83. The Bertz CT molecular complexity index is 995. The fourth-order valence-electron chi connectivity index (χ4n) is 3.58. The second-order valence-corrected chi connectivity index (χ2v) is 7.62. The average Bonchev–Trinajstić information content (AvgIpc) is 3.17. The summed E-state index contributed by atoms with van der Waals surface area (Å²) >= 11 is 0. The molecule has 0 bridgehead atoms. The van der Waals surface area contributed by atoms with E-state index in [9.17, 15) is 9.18 Å². The van der Waals surface area contributed by atoms with Gasteiger partial charge in [0.05, 0.1) is 17.8 Å². The summed E-state index contributed by atoms with van der Waals surface area (Å²) in [4.78, 5) is 15.8. The first-order valence-corrected chi connectivity index (χ1v) is 11.0. The van der Waals surface area contributed by atoms with Crippen LogP contribution < -0.4 is 15.5 Å². The maximum atomic E-state index is 14.1. The van der Waals surface area contributed by atoms with E-state index in [-0.39, 0.29) is 24.3 Å². The first-order valence-electron chi connectivity index (χ1n) is 11.0. The van der Waals surface area contributed by atoms with Crippen LogP contribution in [-0.2, 0) is 0 Å². The standard InChI is InChI=1S/C24H31FN4O2.ClH/c1-3-5-6-7-8-13-27-24(30)31-19-9-10-23-18(16-19)12-15-29(23)28-22(4-2)20-11-14-26-17-21(20)25;/h9-12,14-17,22,28H,3-8,13H2,1-2H3,(H,27,30);1H. The van der Waals surface area contributed by atoms with Crippen molar-refractivity contribution < 1.29 is 13.9 Å². The number of rotatable bonds is 11. The molecular formula is C24H32ClFN4O2. The molecule has 3 rings (SSSR count). The Morgan fingerprint density at radius 1 is 1.16 bits per heavy atom. The van der Waals surface area contributed by atoms with Gasteiger partial charge in [-0.05, 0) is 43.2 Å². The number of unbranched alkanes of at least 4 members (excludes halogenated alkanes) is 4. The van der Waals surface area contributed by atoms with Crippen molar-refractivity contribution in [2.75, 3.05) is 12.0 Å². The first-order chi connectivity index (χ1) is 15.1. The van der Waals surface area contributed by atoms with Crippen LogP contribution in [0.25, 0.3) is 10.9 Å². The minimum absolute atomic E-state index is 0. The smallest absolute Gasteiger partial charge is 0.410 e. The Hall–Kier alpha value is -2.80. The number of carbonyl (C=O) groups is 1. The molecule has 1 unspecified atom stereocenters. The summed E-state index contributed by atoms with van der Waals surface area (Å²) in [5, 5.41) is 3.72. The number of amides is 1. The molecule has 32 heavy (non-hydrogen) atoms. The minimum atomic E-state index is -0.438. The highest BCUT2D eigenvalue weighted by molar-refractivity contribution is 5.85. The summed E-state index contributed by atoms with van der Waals surface area (Å²) in [6.45, 7) is 4.80. The van der Waals surface area contributed by atoms with E-state index in [0.29, 0.717) is 24.3 Å². The summed E-state index contributed by atoms with van der Waals surface area (Å²) in [7, 11) is 0. The van der Waals surface area contributed by atoms with E-state index < -0.39 is 6.09 Å². The van der Waals surface area contributed by atoms with Gasteiger partial charge in [-0.2, -0.15) is 0 Å². The van der Waals surface area contributed by atoms with Gasteiger partial charge in [-0.3, -0.25) is 9.66 Å². The van der Waals surface area contributed by atoms with Gasteiger partial charge in [0.15, 0.2) is 0 Å². The molecule has 0 aliphatic heterocycles. The van der Waals surface area contributed by atoms with Crippen LogP contribution in [0.1, 0.15) is 64.0 Å². The fourth-order valence-corrected chi connectivity index (χ4v) is 3.58. The molecule has 2 N–H and O–H groups in total.